The second kappa shape index (κ2) is 8.43. The quantitative estimate of drug-likeness (QED) is 0.783. The number of thiocarbonyl (C=S) groups is 1. The molecule has 1 N–H and O–H groups in total. The number of benzene rings is 1. The average molecular weight is 400 g/mol. The molecule has 0 bridgehead atoms. The van der Waals surface area contributed by atoms with E-state index in [0.29, 0.717) is 6.04 Å². The molecule has 1 aliphatic carbocycles. The van der Waals surface area contributed by atoms with Gasteiger partial charge in [-0.05, 0) is 55.4 Å². The highest BCUT2D eigenvalue weighted by molar-refractivity contribution is 7.80. The van der Waals surface area contributed by atoms with E-state index in [2.05, 4.69) is 39.2 Å². The van der Waals surface area contributed by atoms with Gasteiger partial charge in [-0.3, -0.25) is 0 Å². The highest BCUT2D eigenvalue weighted by atomic mass is 32.1. The fourth-order valence-electron chi connectivity index (χ4n) is 4.49. The average Bonchev–Trinajstić information content (AvgIpc) is 3.22. The number of aromatic nitrogens is 1. The minimum absolute atomic E-state index is 0.00242. The van der Waals surface area contributed by atoms with Crippen LogP contribution >= 0.6 is 12.2 Å². The number of ether oxygens (including phenoxy) is 2. The summed E-state index contributed by atoms with van der Waals surface area (Å²) in [5.41, 5.74) is 2.31. The number of nitrogens with one attached hydrogen (secondary N) is 1. The first-order chi connectivity index (χ1) is 13.7. The Labute approximate surface area is 172 Å². The molecular formula is C22H29N3O2S. The summed E-state index contributed by atoms with van der Waals surface area (Å²) in [6.45, 7) is 1.79. The van der Waals surface area contributed by atoms with E-state index in [1.54, 1.807) is 14.2 Å². The van der Waals surface area contributed by atoms with Gasteiger partial charge in [0.1, 0.15) is 17.5 Å². The van der Waals surface area contributed by atoms with Crippen LogP contribution in [0.25, 0.3) is 0 Å². The van der Waals surface area contributed by atoms with Crippen molar-refractivity contribution < 1.29 is 9.47 Å². The molecule has 2 heterocycles. The molecule has 4 rings (SSSR count). The predicted molar refractivity (Wildman–Crippen MR) is 115 cm³/mol. The van der Waals surface area contributed by atoms with Crippen molar-refractivity contribution in [2.24, 2.45) is 0 Å². The van der Waals surface area contributed by atoms with Crippen LogP contribution < -0.4 is 14.8 Å². The minimum Gasteiger partial charge on any atom is -0.497 e. The highest BCUT2D eigenvalue weighted by Crippen LogP contribution is 2.39. The van der Waals surface area contributed by atoms with Gasteiger partial charge >= 0.3 is 0 Å². The van der Waals surface area contributed by atoms with E-state index in [9.17, 15) is 0 Å². The maximum absolute atomic E-state index is 5.91. The molecule has 150 valence electrons. The van der Waals surface area contributed by atoms with Gasteiger partial charge in [0.25, 0.3) is 0 Å². The van der Waals surface area contributed by atoms with Crippen LogP contribution in [0.15, 0.2) is 36.5 Å². The van der Waals surface area contributed by atoms with Gasteiger partial charge in [0.05, 0.1) is 14.2 Å². The molecular weight excluding hydrogens is 370 g/mol. The Bertz CT molecular complexity index is 829. The van der Waals surface area contributed by atoms with Crippen molar-refractivity contribution in [2.45, 2.75) is 50.7 Å². The van der Waals surface area contributed by atoms with Crippen LogP contribution in [0.2, 0.25) is 0 Å². The van der Waals surface area contributed by atoms with Crippen LogP contribution in [0, 0.1) is 0 Å². The molecule has 1 aromatic heterocycles. The SMILES string of the molecule is COc1ccc(OC)c([C@H]2c3cccn3CCN2C(=S)NC2CCCCC2)c1. The Kier molecular flexibility index (Phi) is 5.76. The van der Waals surface area contributed by atoms with Gasteiger partial charge in [-0.25, -0.2) is 0 Å². The summed E-state index contributed by atoms with van der Waals surface area (Å²) in [5, 5.41) is 4.50. The predicted octanol–water partition coefficient (Wildman–Crippen LogP) is 4.12. The summed E-state index contributed by atoms with van der Waals surface area (Å²) in [6.07, 6.45) is 8.47. The third kappa shape index (κ3) is 3.70. The van der Waals surface area contributed by atoms with Gasteiger partial charge in [0, 0.05) is 36.6 Å². The van der Waals surface area contributed by atoms with Crippen LogP contribution in [0.4, 0.5) is 0 Å². The summed E-state index contributed by atoms with van der Waals surface area (Å²) < 4.78 is 13.5. The summed E-state index contributed by atoms with van der Waals surface area (Å²) in [7, 11) is 3.41. The molecule has 1 saturated carbocycles. The molecule has 2 aliphatic rings. The zero-order valence-corrected chi connectivity index (χ0v) is 17.5. The van der Waals surface area contributed by atoms with Gasteiger partial charge in [0.2, 0.25) is 0 Å². The third-order valence-corrected chi connectivity index (χ3v) is 6.32. The van der Waals surface area contributed by atoms with Crippen molar-refractivity contribution in [3.63, 3.8) is 0 Å². The van der Waals surface area contributed by atoms with Gasteiger partial charge < -0.3 is 24.3 Å². The fraction of sp³-hybridized carbons (Fsp3) is 0.500. The number of fused-ring (bicyclic) bond motifs is 1. The second-order valence-corrected chi connectivity index (χ2v) is 8.00. The zero-order chi connectivity index (χ0) is 19.5. The van der Waals surface area contributed by atoms with Crippen molar-refractivity contribution in [2.75, 3.05) is 20.8 Å². The molecule has 1 aromatic carbocycles. The van der Waals surface area contributed by atoms with Gasteiger partial charge in [-0.15, -0.1) is 0 Å². The Hall–Kier alpha value is -2.21. The van der Waals surface area contributed by atoms with E-state index in [1.807, 2.05) is 12.1 Å². The van der Waals surface area contributed by atoms with Gasteiger partial charge in [-0.1, -0.05) is 19.3 Å². The Balaban J connectivity index is 1.69. The van der Waals surface area contributed by atoms with E-state index >= 15 is 0 Å². The van der Waals surface area contributed by atoms with Crippen LogP contribution in [0.5, 0.6) is 11.5 Å². The van der Waals surface area contributed by atoms with Crippen LogP contribution in [0.1, 0.15) is 49.4 Å². The molecule has 6 heteroatoms. The Morgan fingerprint density at radius 1 is 1.07 bits per heavy atom. The number of rotatable bonds is 4. The van der Waals surface area contributed by atoms with Crippen molar-refractivity contribution in [3.8, 4) is 11.5 Å². The standard InChI is InChI=1S/C22H29N3O2S/c1-26-17-10-11-20(27-2)18(15-17)21-19-9-6-12-24(19)13-14-25(21)22(28)23-16-7-4-3-5-8-16/h6,9-12,15-16,21H,3-5,7-8,13-14H2,1-2H3,(H,23,28)/t21-/m0/s1. The second-order valence-electron chi connectivity index (χ2n) is 7.61. The van der Waals surface area contributed by atoms with E-state index in [1.165, 1.54) is 37.8 Å². The topological polar surface area (TPSA) is 38.7 Å². The van der Waals surface area contributed by atoms with E-state index in [4.69, 9.17) is 21.7 Å². The van der Waals surface area contributed by atoms with Crippen molar-refractivity contribution in [1.82, 2.24) is 14.8 Å². The lowest BCUT2D eigenvalue weighted by atomic mass is 9.95. The van der Waals surface area contributed by atoms with Crippen LogP contribution in [0.3, 0.4) is 0 Å². The summed E-state index contributed by atoms with van der Waals surface area (Å²) in [6, 6.07) is 10.8. The zero-order valence-electron chi connectivity index (χ0n) is 16.7. The smallest absolute Gasteiger partial charge is 0.170 e. The first-order valence-electron chi connectivity index (χ1n) is 10.2. The van der Waals surface area contributed by atoms with Crippen molar-refractivity contribution in [3.05, 3.63) is 47.8 Å². The van der Waals surface area contributed by atoms with E-state index in [0.717, 1.165) is 35.3 Å². The number of hydrogen-bond acceptors (Lipinski definition) is 3. The lowest BCUT2D eigenvalue weighted by Crippen LogP contribution is -2.50. The van der Waals surface area contributed by atoms with Crippen LogP contribution in [-0.2, 0) is 6.54 Å². The van der Waals surface area contributed by atoms with Crippen molar-refractivity contribution >= 4 is 17.3 Å². The summed E-state index contributed by atoms with van der Waals surface area (Å²) in [4.78, 5) is 2.32. The minimum atomic E-state index is -0.00242. The third-order valence-electron chi connectivity index (χ3n) is 5.96. The largest absolute Gasteiger partial charge is 0.497 e. The maximum Gasteiger partial charge on any atom is 0.170 e. The highest BCUT2D eigenvalue weighted by Gasteiger charge is 2.33. The normalized spacial score (nSPS) is 19.8. The molecule has 0 saturated heterocycles. The molecule has 1 fully saturated rings. The molecule has 1 atom stereocenters. The van der Waals surface area contributed by atoms with Crippen LogP contribution in [-0.4, -0.2) is 41.4 Å². The molecule has 0 spiro atoms. The summed E-state index contributed by atoms with van der Waals surface area (Å²) >= 11 is 5.91. The molecule has 28 heavy (non-hydrogen) atoms. The number of nitrogens with zero attached hydrogens (tertiary/aromatic N) is 2. The van der Waals surface area contributed by atoms with Crippen molar-refractivity contribution in [1.29, 1.82) is 0 Å². The monoisotopic (exact) mass is 399 g/mol. The molecule has 0 radical (unpaired) electrons. The molecule has 0 unspecified atom stereocenters. The Morgan fingerprint density at radius 3 is 2.64 bits per heavy atom. The lowest BCUT2D eigenvalue weighted by Gasteiger charge is -2.40. The number of hydrogen-bond donors (Lipinski definition) is 1. The number of methoxy groups -OCH3 is 2. The maximum atomic E-state index is 5.91. The molecule has 2 aromatic rings. The lowest BCUT2D eigenvalue weighted by molar-refractivity contribution is 0.271. The molecule has 5 nitrogen and oxygen atoms in total. The first kappa shape index (κ1) is 19.1. The van der Waals surface area contributed by atoms with Gasteiger partial charge in [-0.2, -0.15) is 0 Å². The molecule has 1 aliphatic heterocycles. The van der Waals surface area contributed by atoms with Gasteiger partial charge in [0.15, 0.2) is 5.11 Å². The molecule has 0 amide bonds. The van der Waals surface area contributed by atoms with E-state index < -0.39 is 0 Å². The fourth-order valence-corrected chi connectivity index (χ4v) is 4.85. The summed E-state index contributed by atoms with van der Waals surface area (Å²) in [5.74, 6) is 1.68. The Morgan fingerprint density at radius 2 is 1.89 bits per heavy atom. The van der Waals surface area contributed by atoms with E-state index in [-0.39, 0.29) is 6.04 Å². The first-order valence-corrected chi connectivity index (χ1v) is 10.6.